The molecule has 3 rings (SSSR count). The molecule has 0 radical (unpaired) electrons. The van der Waals surface area contributed by atoms with E-state index >= 15 is 0 Å². The minimum absolute atomic E-state index is 0.0171. The largest absolute Gasteiger partial charge is 0.416 e. The van der Waals surface area contributed by atoms with Gasteiger partial charge in [0, 0.05) is 18.7 Å². The molecular formula is C15H13F3N2O2S. The second kappa shape index (κ2) is 5.93. The standard InChI is InChI=1S/C15H13F3N2O2S/c16-15(17,18)10-3-1-2-9(6-10)13(22)12-7-19-14(23-12)20-5-4-11(21)8-20/h1-3,6-7,11,21H,4-5,8H2. The molecule has 1 N–H and O–H groups in total. The van der Waals surface area contributed by atoms with E-state index in [1.807, 2.05) is 4.90 Å². The summed E-state index contributed by atoms with van der Waals surface area (Å²) in [7, 11) is 0. The molecule has 1 fully saturated rings. The van der Waals surface area contributed by atoms with Crippen molar-refractivity contribution in [3.05, 3.63) is 46.5 Å². The molecule has 0 bridgehead atoms. The molecule has 23 heavy (non-hydrogen) atoms. The van der Waals surface area contributed by atoms with Crippen LogP contribution in [0, 0.1) is 0 Å². The van der Waals surface area contributed by atoms with Crippen molar-refractivity contribution < 1.29 is 23.1 Å². The fourth-order valence-corrected chi connectivity index (χ4v) is 3.32. The quantitative estimate of drug-likeness (QED) is 0.872. The molecular weight excluding hydrogens is 329 g/mol. The first-order valence-corrected chi connectivity index (χ1v) is 7.77. The van der Waals surface area contributed by atoms with E-state index in [1.54, 1.807) is 0 Å². The van der Waals surface area contributed by atoms with Gasteiger partial charge in [0.15, 0.2) is 5.13 Å². The molecule has 0 amide bonds. The SMILES string of the molecule is O=C(c1cccc(C(F)(F)F)c1)c1cnc(N2CCC(O)C2)s1. The Kier molecular flexibility index (Phi) is 4.11. The smallest absolute Gasteiger partial charge is 0.391 e. The van der Waals surface area contributed by atoms with Gasteiger partial charge in [0.1, 0.15) is 0 Å². The van der Waals surface area contributed by atoms with Gasteiger partial charge in [-0.15, -0.1) is 0 Å². The summed E-state index contributed by atoms with van der Waals surface area (Å²) in [6.45, 7) is 1.09. The first kappa shape index (κ1) is 15.9. The number of hydrogen-bond acceptors (Lipinski definition) is 5. The molecule has 4 nitrogen and oxygen atoms in total. The molecule has 0 aliphatic carbocycles. The third kappa shape index (κ3) is 3.37. The Morgan fingerprint density at radius 3 is 2.83 bits per heavy atom. The maximum atomic E-state index is 12.7. The number of thiazole rings is 1. The zero-order chi connectivity index (χ0) is 16.6. The third-order valence-corrected chi connectivity index (χ3v) is 4.66. The van der Waals surface area contributed by atoms with Crippen LogP contribution in [0.25, 0.3) is 0 Å². The van der Waals surface area contributed by atoms with Crippen molar-refractivity contribution in [2.24, 2.45) is 0 Å². The topological polar surface area (TPSA) is 53.4 Å². The van der Waals surface area contributed by atoms with Crippen molar-refractivity contribution in [1.82, 2.24) is 4.98 Å². The van der Waals surface area contributed by atoms with E-state index in [9.17, 15) is 23.1 Å². The number of halogens is 3. The zero-order valence-corrected chi connectivity index (χ0v) is 12.7. The molecule has 122 valence electrons. The van der Waals surface area contributed by atoms with E-state index in [0.717, 1.165) is 23.5 Å². The molecule has 0 saturated carbocycles. The first-order chi connectivity index (χ1) is 10.8. The van der Waals surface area contributed by atoms with Crippen LogP contribution in [-0.2, 0) is 6.18 Å². The van der Waals surface area contributed by atoms with Gasteiger partial charge in [-0.3, -0.25) is 4.79 Å². The van der Waals surface area contributed by atoms with E-state index in [2.05, 4.69) is 4.98 Å². The molecule has 1 aliphatic heterocycles. The maximum Gasteiger partial charge on any atom is 0.416 e. The van der Waals surface area contributed by atoms with Crippen LogP contribution in [0.5, 0.6) is 0 Å². The summed E-state index contributed by atoms with van der Waals surface area (Å²) in [6.07, 6.45) is -2.90. The Balaban J connectivity index is 1.82. The van der Waals surface area contributed by atoms with E-state index in [1.165, 1.54) is 18.3 Å². The summed E-state index contributed by atoms with van der Waals surface area (Å²) in [6, 6.07) is 4.35. The third-order valence-electron chi connectivity index (χ3n) is 3.60. The van der Waals surface area contributed by atoms with E-state index < -0.39 is 23.6 Å². The number of aromatic nitrogens is 1. The molecule has 8 heteroatoms. The van der Waals surface area contributed by atoms with Gasteiger partial charge in [0.05, 0.1) is 22.7 Å². The molecule has 2 heterocycles. The highest BCUT2D eigenvalue weighted by atomic mass is 32.1. The second-order valence-electron chi connectivity index (χ2n) is 5.30. The van der Waals surface area contributed by atoms with Crippen molar-refractivity contribution in [2.75, 3.05) is 18.0 Å². The summed E-state index contributed by atoms with van der Waals surface area (Å²) in [4.78, 5) is 18.6. The summed E-state index contributed by atoms with van der Waals surface area (Å²) in [5, 5.41) is 10.1. The molecule has 1 atom stereocenters. The molecule has 1 aromatic heterocycles. The highest BCUT2D eigenvalue weighted by molar-refractivity contribution is 7.17. The number of aliphatic hydroxyl groups is 1. The Morgan fingerprint density at radius 1 is 1.39 bits per heavy atom. The number of ketones is 1. The van der Waals surface area contributed by atoms with Gasteiger partial charge in [-0.1, -0.05) is 23.5 Å². The fraction of sp³-hybridized carbons (Fsp3) is 0.333. The predicted octanol–water partition coefficient (Wildman–Crippen LogP) is 2.96. The lowest BCUT2D eigenvalue weighted by molar-refractivity contribution is -0.137. The normalized spacial score (nSPS) is 18.4. The van der Waals surface area contributed by atoms with Gasteiger partial charge in [-0.2, -0.15) is 13.2 Å². The lowest BCUT2D eigenvalue weighted by Crippen LogP contribution is -2.20. The van der Waals surface area contributed by atoms with Crippen molar-refractivity contribution in [3.8, 4) is 0 Å². The lowest BCUT2D eigenvalue weighted by Gasteiger charge is -2.12. The summed E-state index contributed by atoms with van der Waals surface area (Å²) in [5.74, 6) is -0.486. The van der Waals surface area contributed by atoms with Gasteiger partial charge in [0.25, 0.3) is 0 Å². The van der Waals surface area contributed by atoms with Crippen LogP contribution in [0.3, 0.4) is 0 Å². The van der Waals surface area contributed by atoms with Crippen LogP contribution in [0.2, 0.25) is 0 Å². The minimum atomic E-state index is -4.49. The van der Waals surface area contributed by atoms with Gasteiger partial charge in [-0.25, -0.2) is 4.98 Å². The van der Waals surface area contributed by atoms with Crippen LogP contribution < -0.4 is 4.90 Å². The van der Waals surface area contributed by atoms with Gasteiger partial charge in [-0.05, 0) is 18.6 Å². The average molecular weight is 342 g/mol. The van der Waals surface area contributed by atoms with Crippen LogP contribution in [0.15, 0.2) is 30.5 Å². The number of rotatable bonds is 3. The number of carbonyl (C=O) groups is 1. The van der Waals surface area contributed by atoms with Gasteiger partial charge >= 0.3 is 6.18 Å². The highest BCUT2D eigenvalue weighted by Gasteiger charge is 2.31. The molecule has 2 aromatic rings. The van der Waals surface area contributed by atoms with E-state index in [-0.39, 0.29) is 10.4 Å². The van der Waals surface area contributed by atoms with Crippen molar-refractivity contribution >= 4 is 22.3 Å². The number of carbonyl (C=O) groups excluding carboxylic acids is 1. The number of β-amino-alcohol motifs (C(OH)–C–C–N with tert-alkyl or cyclic N) is 1. The van der Waals surface area contributed by atoms with Crippen LogP contribution in [0.1, 0.15) is 27.2 Å². The Morgan fingerprint density at radius 2 is 2.17 bits per heavy atom. The first-order valence-electron chi connectivity index (χ1n) is 6.95. The van der Waals surface area contributed by atoms with Crippen LogP contribution in [-0.4, -0.2) is 35.1 Å². The summed E-state index contributed by atoms with van der Waals surface area (Å²) < 4.78 is 38.2. The lowest BCUT2D eigenvalue weighted by atomic mass is 10.1. The van der Waals surface area contributed by atoms with Crippen LogP contribution >= 0.6 is 11.3 Å². The summed E-state index contributed by atoms with van der Waals surface area (Å²) >= 11 is 1.12. The molecule has 1 aliphatic rings. The number of nitrogens with zero attached hydrogens (tertiary/aromatic N) is 2. The monoisotopic (exact) mass is 342 g/mol. The van der Waals surface area contributed by atoms with Crippen LogP contribution in [0.4, 0.5) is 18.3 Å². The number of benzene rings is 1. The van der Waals surface area contributed by atoms with Crippen molar-refractivity contribution in [3.63, 3.8) is 0 Å². The zero-order valence-electron chi connectivity index (χ0n) is 11.9. The summed E-state index contributed by atoms with van der Waals surface area (Å²) in [5.41, 5.74) is -0.868. The fourth-order valence-electron chi connectivity index (χ4n) is 2.41. The second-order valence-corrected chi connectivity index (χ2v) is 6.31. The Bertz CT molecular complexity index is 730. The van der Waals surface area contributed by atoms with Crippen molar-refractivity contribution in [1.29, 1.82) is 0 Å². The molecule has 1 aromatic carbocycles. The number of aliphatic hydroxyl groups excluding tert-OH is 1. The number of alkyl halides is 3. The minimum Gasteiger partial charge on any atom is -0.391 e. The Labute approximate surface area is 134 Å². The van der Waals surface area contributed by atoms with Crippen molar-refractivity contribution in [2.45, 2.75) is 18.7 Å². The highest BCUT2D eigenvalue weighted by Crippen LogP contribution is 2.31. The molecule has 1 unspecified atom stereocenters. The van der Waals surface area contributed by atoms with Gasteiger partial charge in [0.2, 0.25) is 5.78 Å². The van der Waals surface area contributed by atoms with E-state index in [4.69, 9.17) is 0 Å². The van der Waals surface area contributed by atoms with Gasteiger partial charge < -0.3 is 10.0 Å². The predicted molar refractivity (Wildman–Crippen MR) is 79.8 cm³/mol. The number of hydrogen-bond donors (Lipinski definition) is 1. The number of anilines is 1. The Hall–Kier alpha value is -1.93. The average Bonchev–Trinajstić information content (AvgIpc) is 3.14. The molecule has 0 spiro atoms. The van der Waals surface area contributed by atoms with E-state index in [0.29, 0.717) is 24.6 Å². The molecule has 1 saturated heterocycles. The maximum absolute atomic E-state index is 12.7.